The first kappa shape index (κ1) is 11.9. The zero-order valence-corrected chi connectivity index (χ0v) is 12.0. The maximum Gasteiger partial charge on any atom is 0.146 e. The van der Waals surface area contributed by atoms with Gasteiger partial charge in [-0.3, -0.25) is 0 Å². The lowest BCUT2D eigenvalue weighted by Crippen LogP contribution is -2.35. The molecule has 4 rings (SSSR count). The first-order chi connectivity index (χ1) is 8.85. The Hall–Kier alpha value is 0.0649. The molecule has 4 fully saturated rings. The molecule has 0 spiro atoms. The fourth-order valence-corrected chi connectivity index (χ4v) is 6.42. The Kier molecular flexibility index (Phi) is 3.01. The Morgan fingerprint density at radius 1 is 0.833 bits per heavy atom. The van der Waals surface area contributed by atoms with Crippen LogP contribution in [-0.2, 0) is 0 Å². The van der Waals surface area contributed by atoms with Crippen LogP contribution >= 0.6 is 0 Å². The molecule has 4 bridgehead atoms. The fourth-order valence-electron chi connectivity index (χ4n) is 6.42. The monoisotopic (exact) mass is 244 g/mol. The molecule has 2 saturated heterocycles. The highest BCUT2D eigenvalue weighted by Crippen LogP contribution is 2.58. The Morgan fingerprint density at radius 2 is 1.44 bits per heavy atom. The predicted molar refractivity (Wildman–Crippen MR) is 79.4 cm³/mol. The minimum absolute atomic E-state index is 0.858. The van der Waals surface area contributed by atoms with Crippen LogP contribution < -0.4 is 0 Å². The van der Waals surface area contributed by atoms with Crippen molar-refractivity contribution in [2.24, 2.45) is 11.3 Å². The van der Waals surface area contributed by atoms with Crippen molar-refractivity contribution in [2.75, 3.05) is 0 Å². The number of hydrogen-bond donors (Lipinski definition) is 0. The van der Waals surface area contributed by atoms with Gasteiger partial charge in [-0.1, -0.05) is 62.9 Å². The van der Waals surface area contributed by atoms with Gasteiger partial charge in [0.25, 0.3) is 0 Å². The molecule has 2 saturated carbocycles. The summed E-state index contributed by atoms with van der Waals surface area (Å²) in [6.45, 7) is 1.15. The molecule has 0 N–H and O–H groups in total. The van der Waals surface area contributed by atoms with Crippen molar-refractivity contribution < 1.29 is 0 Å². The second-order valence-corrected chi connectivity index (χ2v) is 8.23. The molecule has 0 amide bonds. The van der Waals surface area contributed by atoms with Crippen LogP contribution in [0.5, 0.6) is 0 Å². The van der Waals surface area contributed by atoms with Crippen molar-refractivity contribution in [2.45, 2.75) is 95.0 Å². The summed E-state index contributed by atoms with van der Waals surface area (Å²) in [4.78, 5) is 0. The van der Waals surface area contributed by atoms with Crippen LogP contribution in [0.1, 0.15) is 77.0 Å². The third-order valence-electron chi connectivity index (χ3n) is 7.41. The smallest absolute Gasteiger partial charge is 0.0732 e. The van der Waals surface area contributed by atoms with Gasteiger partial charge in [-0.05, 0) is 43.4 Å². The molecule has 0 radical (unpaired) electrons. The summed E-state index contributed by atoms with van der Waals surface area (Å²) >= 11 is 0. The summed E-state index contributed by atoms with van der Waals surface area (Å²) in [6.07, 6.45) is 20.6. The van der Waals surface area contributed by atoms with Crippen molar-refractivity contribution in [3.05, 3.63) is 0 Å². The van der Waals surface area contributed by atoms with Crippen LogP contribution in [0.2, 0.25) is 18.0 Å². The van der Waals surface area contributed by atoms with Crippen molar-refractivity contribution in [1.82, 2.24) is 0 Å². The van der Waals surface area contributed by atoms with Gasteiger partial charge in [0.2, 0.25) is 0 Å². The SMILES string of the molecule is C1CC2CCCC(C1)B2CCC12CCC(CC1)C2. The second kappa shape index (κ2) is 4.56. The maximum absolute atomic E-state index is 1.62. The first-order valence-corrected chi connectivity index (χ1v) is 8.85. The quantitative estimate of drug-likeness (QED) is 0.570. The van der Waals surface area contributed by atoms with E-state index in [4.69, 9.17) is 0 Å². The minimum atomic E-state index is 0.858. The topological polar surface area (TPSA) is 0 Å². The van der Waals surface area contributed by atoms with E-state index in [-0.39, 0.29) is 0 Å². The van der Waals surface area contributed by atoms with Crippen LogP contribution in [0.4, 0.5) is 0 Å². The summed E-state index contributed by atoms with van der Waals surface area (Å²) < 4.78 is 0. The molecule has 0 aromatic carbocycles. The lowest BCUT2D eigenvalue weighted by molar-refractivity contribution is 0.280. The lowest BCUT2D eigenvalue weighted by Gasteiger charge is -2.42. The molecular weight excluding hydrogens is 215 g/mol. The van der Waals surface area contributed by atoms with E-state index >= 15 is 0 Å². The molecule has 2 aliphatic heterocycles. The van der Waals surface area contributed by atoms with E-state index in [1.54, 1.807) is 83.4 Å². The third kappa shape index (κ3) is 1.97. The summed E-state index contributed by atoms with van der Waals surface area (Å²) in [5, 5.41) is 0. The number of hydrogen-bond acceptors (Lipinski definition) is 0. The van der Waals surface area contributed by atoms with E-state index in [2.05, 4.69) is 0 Å². The molecule has 0 aromatic heterocycles. The molecule has 100 valence electrons. The average Bonchev–Trinajstić information content (AvgIpc) is 2.96. The molecule has 4 aliphatic rings. The standard InChI is InChI=1S/C17H29B/c1-3-15-5-2-6-16(4-1)18(15)12-11-17-9-7-14(13-17)8-10-17/h14-16H,1-13H2. The van der Waals surface area contributed by atoms with E-state index < -0.39 is 0 Å². The van der Waals surface area contributed by atoms with Crippen molar-refractivity contribution >= 4 is 6.71 Å². The van der Waals surface area contributed by atoms with Crippen LogP contribution in [0.15, 0.2) is 0 Å². The highest BCUT2D eigenvalue weighted by molar-refractivity contribution is 6.62. The summed E-state index contributed by atoms with van der Waals surface area (Å²) in [5.41, 5.74) is 0.858. The van der Waals surface area contributed by atoms with Crippen molar-refractivity contribution in [3.8, 4) is 0 Å². The zero-order chi connectivity index (χ0) is 12.0. The molecule has 1 heteroatoms. The lowest BCUT2D eigenvalue weighted by atomic mass is 9.25. The van der Waals surface area contributed by atoms with Gasteiger partial charge in [0.1, 0.15) is 6.71 Å². The summed E-state index contributed by atoms with van der Waals surface area (Å²) in [5.74, 6) is 3.44. The minimum Gasteiger partial charge on any atom is -0.0732 e. The predicted octanol–water partition coefficient (Wildman–Crippen LogP) is 5.56. The molecule has 0 unspecified atom stereocenters. The van der Waals surface area contributed by atoms with Gasteiger partial charge in [-0.2, -0.15) is 0 Å². The van der Waals surface area contributed by atoms with Gasteiger partial charge in [-0.15, -0.1) is 0 Å². The highest BCUT2D eigenvalue weighted by Gasteiger charge is 2.46. The van der Waals surface area contributed by atoms with Gasteiger partial charge in [-0.25, -0.2) is 0 Å². The van der Waals surface area contributed by atoms with Crippen LogP contribution in [-0.4, -0.2) is 6.71 Å². The van der Waals surface area contributed by atoms with Gasteiger partial charge >= 0.3 is 0 Å². The van der Waals surface area contributed by atoms with E-state index in [1.165, 1.54) is 0 Å². The molecule has 18 heavy (non-hydrogen) atoms. The maximum atomic E-state index is 1.62. The Bertz CT molecular complexity index is 281. The summed E-state index contributed by atoms with van der Waals surface area (Å²) in [6, 6.07) is 0. The molecule has 2 aliphatic carbocycles. The Morgan fingerprint density at radius 3 is 1.94 bits per heavy atom. The molecular formula is C17H29B. The Labute approximate surface area is 113 Å². The third-order valence-corrected chi connectivity index (χ3v) is 7.41. The van der Waals surface area contributed by atoms with Crippen molar-refractivity contribution in [3.63, 3.8) is 0 Å². The highest BCUT2D eigenvalue weighted by atomic mass is 14.5. The van der Waals surface area contributed by atoms with Crippen LogP contribution in [0.25, 0.3) is 0 Å². The fraction of sp³-hybridized carbons (Fsp3) is 1.00. The molecule has 0 nitrogen and oxygen atoms in total. The second-order valence-electron chi connectivity index (χ2n) is 8.23. The van der Waals surface area contributed by atoms with Gasteiger partial charge in [0.05, 0.1) is 0 Å². The zero-order valence-electron chi connectivity index (χ0n) is 12.0. The van der Waals surface area contributed by atoms with Crippen LogP contribution in [0.3, 0.4) is 0 Å². The average molecular weight is 244 g/mol. The molecule has 2 heterocycles. The molecule has 0 aromatic rings. The van der Waals surface area contributed by atoms with Gasteiger partial charge in [0, 0.05) is 0 Å². The van der Waals surface area contributed by atoms with Gasteiger partial charge in [0.15, 0.2) is 0 Å². The Balaban J connectivity index is 1.39. The molecule has 0 atom stereocenters. The van der Waals surface area contributed by atoms with Gasteiger partial charge < -0.3 is 0 Å². The first-order valence-electron chi connectivity index (χ1n) is 8.85. The largest absolute Gasteiger partial charge is 0.146 e. The van der Waals surface area contributed by atoms with E-state index in [0.717, 1.165) is 29.7 Å². The summed E-state index contributed by atoms with van der Waals surface area (Å²) in [7, 11) is 0. The van der Waals surface area contributed by atoms with Crippen molar-refractivity contribution in [1.29, 1.82) is 0 Å². The number of fused-ring (bicyclic) bond motifs is 4. The normalized spacial score (nSPS) is 46.7. The van der Waals surface area contributed by atoms with Crippen LogP contribution in [0, 0.1) is 11.3 Å². The van der Waals surface area contributed by atoms with E-state index in [0.29, 0.717) is 0 Å². The number of rotatable bonds is 3. The van der Waals surface area contributed by atoms with E-state index in [9.17, 15) is 0 Å². The van der Waals surface area contributed by atoms with E-state index in [1.807, 2.05) is 0 Å².